The van der Waals surface area contributed by atoms with Crippen molar-refractivity contribution in [1.29, 1.82) is 0 Å². The average Bonchev–Trinajstić information content (AvgIpc) is 2.67. The summed E-state index contributed by atoms with van der Waals surface area (Å²) in [6.45, 7) is 3.48. The monoisotopic (exact) mass is 461 g/mol. The van der Waals surface area contributed by atoms with E-state index in [1.165, 1.54) is 0 Å². The van der Waals surface area contributed by atoms with Gasteiger partial charge in [0.2, 0.25) is 0 Å². The van der Waals surface area contributed by atoms with E-state index in [4.69, 9.17) is 21.1 Å². The van der Waals surface area contributed by atoms with E-state index in [1.54, 1.807) is 12.1 Å². The lowest BCUT2D eigenvalue weighted by molar-refractivity contribution is 0.267. The Labute approximate surface area is 178 Å². The smallest absolute Gasteiger partial charge is 0.175 e. The van der Waals surface area contributed by atoms with Crippen LogP contribution in [0.4, 0.5) is 5.69 Å². The van der Waals surface area contributed by atoms with Crippen LogP contribution in [-0.2, 0) is 13.2 Å². The highest BCUT2D eigenvalue weighted by Crippen LogP contribution is 2.37. The Bertz CT molecular complexity index is 932. The van der Waals surface area contributed by atoms with Crippen molar-refractivity contribution in [3.05, 3.63) is 81.3 Å². The van der Waals surface area contributed by atoms with Gasteiger partial charge >= 0.3 is 0 Å². The Balaban J connectivity index is 1.74. The third-order valence-electron chi connectivity index (χ3n) is 4.01. The Kier molecular flexibility index (Phi) is 7.06. The van der Waals surface area contributed by atoms with Crippen molar-refractivity contribution < 1.29 is 14.6 Å². The van der Waals surface area contributed by atoms with Crippen LogP contribution in [-0.4, -0.2) is 11.7 Å². The molecule has 0 aromatic heterocycles. The topological polar surface area (TPSA) is 50.7 Å². The van der Waals surface area contributed by atoms with E-state index in [0.717, 1.165) is 21.3 Å². The largest absolute Gasteiger partial charge is 0.508 e. The first-order valence-electron chi connectivity index (χ1n) is 8.90. The van der Waals surface area contributed by atoms with Gasteiger partial charge in [0.05, 0.1) is 11.1 Å². The molecule has 0 fully saturated rings. The number of phenols is 1. The molecule has 0 aliphatic rings. The van der Waals surface area contributed by atoms with Crippen LogP contribution in [0.3, 0.4) is 0 Å². The zero-order valence-corrected chi connectivity index (χ0v) is 17.8. The van der Waals surface area contributed by atoms with Crippen molar-refractivity contribution in [2.75, 3.05) is 11.9 Å². The van der Waals surface area contributed by atoms with E-state index in [0.29, 0.717) is 36.3 Å². The first kappa shape index (κ1) is 20.4. The minimum absolute atomic E-state index is 0.244. The summed E-state index contributed by atoms with van der Waals surface area (Å²) in [6.07, 6.45) is 0. The molecule has 0 bridgehead atoms. The van der Waals surface area contributed by atoms with Crippen LogP contribution in [0.25, 0.3) is 0 Å². The zero-order valence-electron chi connectivity index (χ0n) is 15.4. The van der Waals surface area contributed by atoms with Crippen LogP contribution >= 0.6 is 27.5 Å². The summed E-state index contributed by atoms with van der Waals surface area (Å²) in [5.74, 6) is 1.59. The number of benzene rings is 3. The van der Waals surface area contributed by atoms with E-state index in [9.17, 15) is 5.11 Å². The number of halogens is 2. The Morgan fingerprint density at radius 2 is 1.79 bits per heavy atom. The summed E-state index contributed by atoms with van der Waals surface area (Å²) in [6, 6.07) is 18.5. The number of anilines is 1. The summed E-state index contributed by atoms with van der Waals surface area (Å²) in [7, 11) is 0. The van der Waals surface area contributed by atoms with Gasteiger partial charge < -0.3 is 19.9 Å². The molecule has 0 heterocycles. The molecule has 4 nitrogen and oxygen atoms in total. The summed E-state index contributed by atoms with van der Waals surface area (Å²) in [4.78, 5) is 0. The summed E-state index contributed by atoms with van der Waals surface area (Å²) >= 11 is 9.64. The highest BCUT2D eigenvalue weighted by Gasteiger charge is 2.13. The Morgan fingerprint density at radius 3 is 2.50 bits per heavy atom. The maximum atomic E-state index is 9.38. The molecule has 3 aromatic carbocycles. The number of rotatable bonds is 8. The number of phenolic OH excluding ortho intramolecular Hbond substituents is 1. The molecule has 3 aromatic rings. The van der Waals surface area contributed by atoms with Gasteiger partial charge in [0, 0.05) is 17.3 Å². The van der Waals surface area contributed by atoms with Crippen LogP contribution < -0.4 is 14.8 Å². The maximum Gasteiger partial charge on any atom is 0.175 e. The minimum atomic E-state index is 0.244. The van der Waals surface area contributed by atoms with Gasteiger partial charge in [-0.2, -0.15) is 0 Å². The number of hydrogen-bond donors (Lipinski definition) is 2. The van der Waals surface area contributed by atoms with E-state index in [-0.39, 0.29) is 5.75 Å². The zero-order chi connectivity index (χ0) is 19.9. The molecule has 146 valence electrons. The van der Waals surface area contributed by atoms with Crippen LogP contribution in [0.2, 0.25) is 5.02 Å². The molecule has 6 heteroatoms. The van der Waals surface area contributed by atoms with Crippen LogP contribution in [0.1, 0.15) is 18.1 Å². The molecule has 0 spiro atoms. The lowest BCUT2D eigenvalue weighted by atomic mass is 10.2. The van der Waals surface area contributed by atoms with Crippen LogP contribution in [0.5, 0.6) is 17.2 Å². The molecule has 0 saturated carbocycles. The molecule has 0 unspecified atom stereocenters. The molecule has 28 heavy (non-hydrogen) atoms. The number of ether oxygens (including phenoxy) is 2. The van der Waals surface area contributed by atoms with Crippen molar-refractivity contribution in [2.24, 2.45) is 0 Å². The van der Waals surface area contributed by atoms with Crippen molar-refractivity contribution in [3.63, 3.8) is 0 Å². The third kappa shape index (κ3) is 5.57. The van der Waals surface area contributed by atoms with Crippen LogP contribution in [0, 0.1) is 0 Å². The van der Waals surface area contributed by atoms with Gasteiger partial charge in [0.1, 0.15) is 12.4 Å². The second-order valence-corrected chi connectivity index (χ2v) is 7.45. The maximum absolute atomic E-state index is 9.38. The Morgan fingerprint density at radius 1 is 1.00 bits per heavy atom. The molecular formula is C22H21BrClNO3. The summed E-state index contributed by atoms with van der Waals surface area (Å²) in [5.41, 5.74) is 2.95. The van der Waals surface area contributed by atoms with Crippen molar-refractivity contribution in [1.82, 2.24) is 0 Å². The SMILES string of the molecule is CCOc1cc(CNc2ccc(O)cc2)cc(Br)c1OCc1cccc(Cl)c1. The Hall–Kier alpha value is -2.37. The van der Waals surface area contributed by atoms with Gasteiger partial charge in [-0.25, -0.2) is 0 Å². The first-order valence-corrected chi connectivity index (χ1v) is 10.1. The quantitative estimate of drug-likeness (QED) is 0.380. The standard InChI is InChI=1S/C22H21BrClNO3/c1-2-27-21-12-16(13-25-18-6-8-19(26)9-7-18)11-20(23)22(21)28-14-15-4-3-5-17(24)10-15/h3-12,25-26H,2,13-14H2,1H3. The van der Waals surface area contributed by atoms with E-state index in [2.05, 4.69) is 21.2 Å². The fraction of sp³-hybridized carbons (Fsp3) is 0.182. The minimum Gasteiger partial charge on any atom is -0.508 e. The molecule has 2 N–H and O–H groups in total. The lowest BCUT2D eigenvalue weighted by Gasteiger charge is -2.16. The normalized spacial score (nSPS) is 10.5. The van der Waals surface area contributed by atoms with Gasteiger partial charge in [0.25, 0.3) is 0 Å². The van der Waals surface area contributed by atoms with Gasteiger partial charge in [0.15, 0.2) is 11.5 Å². The number of nitrogens with one attached hydrogen (secondary N) is 1. The molecule has 0 aliphatic heterocycles. The van der Waals surface area contributed by atoms with Gasteiger partial charge in [-0.05, 0) is 82.5 Å². The highest BCUT2D eigenvalue weighted by molar-refractivity contribution is 9.10. The fourth-order valence-electron chi connectivity index (χ4n) is 2.69. The molecule has 0 amide bonds. The van der Waals surface area contributed by atoms with Crippen molar-refractivity contribution in [2.45, 2.75) is 20.1 Å². The predicted octanol–water partition coefficient (Wildman–Crippen LogP) is 6.40. The third-order valence-corrected chi connectivity index (χ3v) is 4.83. The van der Waals surface area contributed by atoms with E-state index in [1.807, 2.05) is 55.5 Å². The molecule has 0 atom stereocenters. The van der Waals surface area contributed by atoms with E-state index < -0.39 is 0 Å². The van der Waals surface area contributed by atoms with Crippen molar-refractivity contribution >= 4 is 33.2 Å². The summed E-state index contributed by atoms with van der Waals surface area (Å²) in [5, 5.41) is 13.4. The average molecular weight is 463 g/mol. The molecule has 0 radical (unpaired) electrons. The number of hydrogen-bond acceptors (Lipinski definition) is 4. The molecular weight excluding hydrogens is 442 g/mol. The first-order chi connectivity index (χ1) is 13.5. The molecule has 0 saturated heterocycles. The van der Waals surface area contributed by atoms with Gasteiger partial charge in [-0.15, -0.1) is 0 Å². The summed E-state index contributed by atoms with van der Waals surface area (Å²) < 4.78 is 12.6. The van der Waals surface area contributed by atoms with Gasteiger partial charge in [-0.1, -0.05) is 23.7 Å². The second-order valence-electron chi connectivity index (χ2n) is 6.16. The highest BCUT2D eigenvalue weighted by atomic mass is 79.9. The van der Waals surface area contributed by atoms with Crippen molar-refractivity contribution in [3.8, 4) is 17.2 Å². The fourth-order valence-corrected chi connectivity index (χ4v) is 3.51. The van der Waals surface area contributed by atoms with Gasteiger partial charge in [-0.3, -0.25) is 0 Å². The molecule has 3 rings (SSSR count). The second kappa shape index (κ2) is 9.71. The number of aromatic hydroxyl groups is 1. The van der Waals surface area contributed by atoms with Crippen LogP contribution in [0.15, 0.2) is 65.1 Å². The lowest BCUT2D eigenvalue weighted by Crippen LogP contribution is -2.04. The molecule has 0 aliphatic carbocycles. The van der Waals surface area contributed by atoms with E-state index >= 15 is 0 Å². The predicted molar refractivity (Wildman–Crippen MR) is 117 cm³/mol.